The highest BCUT2D eigenvalue weighted by atomic mass is 16.5. The summed E-state index contributed by atoms with van der Waals surface area (Å²) in [5.74, 6) is 0.339. The van der Waals surface area contributed by atoms with Crippen molar-refractivity contribution >= 4 is 24.1 Å². The van der Waals surface area contributed by atoms with Crippen LogP contribution >= 0.6 is 0 Å². The maximum Gasteiger partial charge on any atom is 0.500 e. The van der Waals surface area contributed by atoms with Crippen molar-refractivity contribution in [3.8, 4) is 11.5 Å². The van der Waals surface area contributed by atoms with Gasteiger partial charge in [0.2, 0.25) is 0 Å². The van der Waals surface area contributed by atoms with Gasteiger partial charge in [0, 0.05) is 19.7 Å². The van der Waals surface area contributed by atoms with Crippen LogP contribution in [0.5, 0.6) is 11.5 Å². The second-order valence-corrected chi connectivity index (χ2v) is 5.97. The summed E-state index contributed by atoms with van der Waals surface area (Å²) in [6, 6.07) is 4.95. The maximum atomic E-state index is 12.3. The molecule has 4 amide bonds. The minimum atomic E-state index is -0.510. The van der Waals surface area contributed by atoms with Crippen LogP contribution in [0.1, 0.15) is 5.56 Å². The Balaban J connectivity index is 2.17. The van der Waals surface area contributed by atoms with Gasteiger partial charge in [0.15, 0.2) is 11.5 Å². The van der Waals surface area contributed by atoms with Crippen LogP contribution in [-0.4, -0.2) is 73.8 Å². The first-order valence-corrected chi connectivity index (χ1v) is 8.11. The molecule has 0 atom stereocenters. The molecule has 0 radical (unpaired) electrons. The van der Waals surface area contributed by atoms with Crippen molar-refractivity contribution in [3.05, 3.63) is 41.1 Å². The number of benzene rings is 1. The smallest absolute Gasteiger partial charge is 0.493 e. The van der Waals surface area contributed by atoms with Gasteiger partial charge < -0.3 is 14.4 Å². The molecule has 1 heterocycles. The molecular weight excluding hydrogens is 350 g/mol. The fourth-order valence-corrected chi connectivity index (χ4v) is 2.49. The molecule has 8 heteroatoms. The molecular formula is C19H22N3O5+. The Hall–Kier alpha value is -3.38. The zero-order valence-electron chi connectivity index (χ0n) is 16.0. The molecule has 27 heavy (non-hydrogen) atoms. The molecule has 0 aliphatic carbocycles. The van der Waals surface area contributed by atoms with Crippen LogP contribution in [0.25, 0.3) is 0 Å². The highest BCUT2D eigenvalue weighted by Gasteiger charge is 2.35. The second kappa shape index (κ2) is 8.33. The Morgan fingerprint density at radius 1 is 1.26 bits per heavy atom. The predicted octanol–water partition coefficient (Wildman–Crippen LogP) is 1.05. The van der Waals surface area contributed by atoms with E-state index in [1.165, 1.54) is 35.9 Å². The number of hydrogen-bond acceptors (Lipinski definition) is 5. The molecule has 1 aliphatic heterocycles. The Kier molecular flexibility index (Phi) is 6.15. The first-order chi connectivity index (χ1) is 12.8. The van der Waals surface area contributed by atoms with E-state index in [4.69, 9.17) is 9.47 Å². The van der Waals surface area contributed by atoms with Crippen LogP contribution in [0.3, 0.4) is 0 Å². The van der Waals surface area contributed by atoms with Crippen LogP contribution < -0.4 is 9.47 Å². The summed E-state index contributed by atoms with van der Waals surface area (Å²) in [5, 5.41) is 0. The largest absolute Gasteiger partial charge is 0.500 e. The van der Waals surface area contributed by atoms with E-state index in [-0.39, 0.29) is 11.5 Å². The number of urea groups is 1. The standard InChI is InChI=1S/C19H22N3O5/c1-20(11-13-6-8-15(26-4)16(10-13)27-5)17(23)9-7-14-12-21(2)19(25)22(3)18(14)24/h6,8-10,12H,11H2,1-5H3/q+1. The number of carbonyl (C=O) groups excluding carboxylic acids is 3. The predicted molar refractivity (Wildman–Crippen MR) is 98.0 cm³/mol. The minimum Gasteiger partial charge on any atom is -0.493 e. The van der Waals surface area contributed by atoms with Gasteiger partial charge in [-0.25, -0.2) is 4.79 Å². The normalized spacial score (nSPS) is 13.7. The number of methoxy groups -OCH3 is 2. The van der Waals surface area contributed by atoms with Gasteiger partial charge in [-0.2, -0.15) is 14.3 Å². The molecule has 1 aromatic rings. The van der Waals surface area contributed by atoms with E-state index in [1.807, 2.05) is 6.07 Å². The number of likely N-dealkylation sites (N-methyl/N-ethyl adjacent to an activating group) is 2. The quantitative estimate of drug-likeness (QED) is 0.439. The molecule has 0 bridgehead atoms. The number of carbonyl (C=O) groups is 3. The van der Waals surface area contributed by atoms with Crippen LogP contribution in [0.4, 0.5) is 4.79 Å². The number of imide groups is 1. The monoisotopic (exact) mass is 372 g/mol. The molecule has 0 fully saturated rings. The van der Waals surface area contributed by atoms with E-state index in [0.717, 1.165) is 10.5 Å². The lowest BCUT2D eigenvalue weighted by Crippen LogP contribution is -2.44. The van der Waals surface area contributed by atoms with Gasteiger partial charge >= 0.3 is 11.9 Å². The SMILES string of the molecule is COc1ccc(CN(C)C(=O)C=C=C2C=[N+](C)C(=O)N(C)C2=O)cc1OC. The molecule has 0 N–H and O–H groups in total. The molecule has 0 saturated heterocycles. The Bertz CT molecular complexity index is 881. The third-order valence-corrected chi connectivity index (χ3v) is 4.04. The molecule has 0 unspecified atom stereocenters. The molecule has 0 spiro atoms. The highest BCUT2D eigenvalue weighted by Crippen LogP contribution is 2.27. The lowest BCUT2D eigenvalue weighted by Gasteiger charge is -2.16. The van der Waals surface area contributed by atoms with Crippen molar-refractivity contribution in [2.45, 2.75) is 6.54 Å². The molecule has 142 valence electrons. The van der Waals surface area contributed by atoms with Crippen LogP contribution in [0.2, 0.25) is 0 Å². The maximum absolute atomic E-state index is 12.3. The zero-order chi connectivity index (χ0) is 20.1. The average Bonchev–Trinajstić information content (AvgIpc) is 2.67. The van der Waals surface area contributed by atoms with Gasteiger partial charge in [0.25, 0.3) is 5.91 Å². The third-order valence-electron chi connectivity index (χ3n) is 4.04. The first kappa shape index (κ1) is 19.9. The Labute approximate surface area is 157 Å². The summed E-state index contributed by atoms with van der Waals surface area (Å²) in [7, 11) is 7.63. The second-order valence-electron chi connectivity index (χ2n) is 5.97. The van der Waals surface area contributed by atoms with E-state index in [2.05, 4.69) is 5.73 Å². The molecule has 0 saturated carbocycles. The van der Waals surface area contributed by atoms with Crippen molar-refractivity contribution in [1.29, 1.82) is 0 Å². The Morgan fingerprint density at radius 2 is 1.93 bits per heavy atom. The molecule has 2 rings (SSSR count). The van der Waals surface area contributed by atoms with Crippen LogP contribution in [0, 0.1) is 0 Å². The summed E-state index contributed by atoms with van der Waals surface area (Å²) in [4.78, 5) is 38.5. The fraction of sp³-hybridized carbons (Fsp3) is 0.316. The number of nitrogens with zero attached hydrogens (tertiary/aromatic N) is 3. The van der Waals surface area contributed by atoms with E-state index < -0.39 is 11.9 Å². The van der Waals surface area contributed by atoms with Gasteiger partial charge in [0.05, 0.1) is 28.3 Å². The molecule has 0 aromatic heterocycles. The number of amides is 4. The van der Waals surface area contributed by atoms with Crippen molar-refractivity contribution in [2.24, 2.45) is 0 Å². The Morgan fingerprint density at radius 3 is 2.56 bits per heavy atom. The number of hydrogen-bond donors (Lipinski definition) is 0. The van der Waals surface area contributed by atoms with Crippen LogP contribution in [-0.2, 0) is 16.1 Å². The minimum absolute atomic E-state index is 0.132. The average molecular weight is 372 g/mol. The van der Waals surface area contributed by atoms with E-state index in [9.17, 15) is 14.4 Å². The summed E-state index contributed by atoms with van der Waals surface area (Å²) in [6.45, 7) is 0.336. The lowest BCUT2D eigenvalue weighted by atomic mass is 10.2. The summed E-state index contributed by atoms with van der Waals surface area (Å²) in [6.07, 6.45) is 2.53. The van der Waals surface area contributed by atoms with Crippen molar-refractivity contribution < 1.29 is 28.4 Å². The van der Waals surface area contributed by atoms with Gasteiger partial charge in [-0.05, 0) is 17.7 Å². The summed E-state index contributed by atoms with van der Waals surface area (Å²) in [5.41, 5.74) is 3.66. The highest BCUT2D eigenvalue weighted by molar-refractivity contribution is 6.17. The van der Waals surface area contributed by atoms with E-state index in [1.54, 1.807) is 33.4 Å². The fourth-order valence-electron chi connectivity index (χ4n) is 2.49. The van der Waals surface area contributed by atoms with Crippen molar-refractivity contribution in [2.75, 3.05) is 35.4 Å². The number of ether oxygens (including phenoxy) is 2. The summed E-state index contributed by atoms with van der Waals surface area (Å²) < 4.78 is 11.7. The summed E-state index contributed by atoms with van der Waals surface area (Å²) >= 11 is 0. The first-order valence-electron chi connectivity index (χ1n) is 8.11. The van der Waals surface area contributed by atoms with Gasteiger partial charge in [-0.3, -0.25) is 4.79 Å². The third kappa shape index (κ3) is 4.43. The van der Waals surface area contributed by atoms with Gasteiger partial charge in [-0.15, -0.1) is 0 Å². The number of rotatable bonds is 5. The molecule has 1 aliphatic rings. The van der Waals surface area contributed by atoms with Crippen molar-refractivity contribution in [3.63, 3.8) is 0 Å². The molecule has 8 nitrogen and oxygen atoms in total. The van der Waals surface area contributed by atoms with E-state index >= 15 is 0 Å². The topological polar surface area (TPSA) is 79.2 Å². The van der Waals surface area contributed by atoms with E-state index in [0.29, 0.717) is 18.0 Å². The van der Waals surface area contributed by atoms with Gasteiger partial charge in [-0.1, -0.05) is 11.8 Å². The van der Waals surface area contributed by atoms with Crippen LogP contribution in [0.15, 0.2) is 35.6 Å². The van der Waals surface area contributed by atoms with Crippen molar-refractivity contribution in [1.82, 2.24) is 9.80 Å². The molecule has 1 aromatic carbocycles. The van der Waals surface area contributed by atoms with Gasteiger partial charge in [0.1, 0.15) is 11.8 Å². The zero-order valence-corrected chi connectivity index (χ0v) is 16.0. The lowest BCUT2D eigenvalue weighted by molar-refractivity contribution is -0.397.